The smallest absolute Gasteiger partial charge is 0.408 e. The van der Waals surface area contributed by atoms with E-state index < -0.39 is 35.0 Å². The van der Waals surface area contributed by atoms with Gasteiger partial charge in [0, 0.05) is 12.1 Å². The summed E-state index contributed by atoms with van der Waals surface area (Å²) in [4.78, 5) is 32.9. The largest absolute Gasteiger partial charge is 0.481 e. The third kappa shape index (κ3) is 5.78. The highest BCUT2D eigenvalue weighted by molar-refractivity contribution is 5.72. The van der Waals surface area contributed by atoms with E-state index in [-0.39, 0.29) is 5.69 Å². The normalized spacial score (nSPS) is 12.3. The fourth-order valence-corrected chi connectivity index (χ4v) is 1.73. The second-order valence-corrected chi connectivity index (χ2v) is 5.65. The zero-order valence-corrected chi connectivity index (χ0v) is 12.5. The third-order valence-corrected chi connectivity index (χ3v) is 2.55. The number of amides is 1. The Morgan fingerprint density at radius 2 is 2.05 bits per heavy atom. The van der Waals surface area contributed by atoms with E-state index in [1.54, 1.807) is 20.8 Å². The lowest BCUT2D eigenvalue weighted by molar-refractivity contribution is -0.384. The molecular formula is C14H18N2O6. The Bertz CT molecular complexity index is 579. The van der Waals surface area contributed by atoms with E-state index in [4.69, 9.17) is 9.84 Å². The van der Waals surface area contributed by atoms with Crippen LogP contribution in [0.1, 0.15) is 38.8 Å². The Balaban J connectivity index is 2.98. The molecule has 2 N–H and O–H groups in total. The molecule has 0 aliphatic rings. The highest BCUT2D eigenvalue weighted by Crippen LogP contribution is 2.22. The number of nitrogens with one attached hydrogen (secondary N) is 1. The average Bonchev–Trinajstić information content (AvgIpc) is 2.35. The molecule has 0 aliphatic carbocycles. The molecule has 0 saturated carbocycles. The van der Waals surface area contributed by atoms with Gasteiger partial charge in [-0.15, -0.1) is 0 Å². The molecule has 0 heterocycles. The maximum atomic E-state index is 11.8. The molecule has 8 heteroatoms. The summed E-state index contributed by atoms with van der Waals surface area (Å²) < 4.78 is 5.07. The van der Waals surface area contributed by atoms with Gasteiger partial charge in [-0.2, -0.15) is 0 Å². The van der Waals surface area contributed by atoms with Gasteiger partial charge in [-0.3, -0.25) is 14.9 Å². The molecule has 0 radical (unpaired) electrons. The number of carbonyl (C=O) groups is 2. The minimum Gasteiger partial charge on any atom is -0.481 e. The van der Waals surface area contributed by atoms with Gasteiger partial charge in [-0.25, -0.2) is 4.79 Å². The molecule has 0 saturated heterocycles. The number of carbonyl (C=O) groups excluding carboxylic acids is 1. The van der Waals surface area contributed by atoms with E-state index in [1.807, 2.05) is 0 Å². The van der Waals surface area contributed by atoms with Crippen LogP contribution < -0.4 is 5.32 Å². The van der Waals surface area contributed by atoms with Gasteiger partial charge in [0.25, 0.3) is 5.69 Å². The van der Waals surface area contributed by atoms with Crippen LogP contribution in [0.4, 0.5) is 10.5 Å². The lowest BCUT2D eigenvalue weighted by Crippen LogP contribution is -2.35. The number of non-ortho nitro benzene ring substituents is 1. The third-order valence-electron chi connectivity index (χ3n) is 2.55. The SMILES string of the molecule is CC(C)(C)OC(=O)N[C@H](CC(=O)O)c1cccc([N+](=O)[O-])c1. The molecule has 1 amide bonds. The van der Waals surface area contributed by atoms with Gasteiger partial charge in [0.15, 0.2) is 0 Å². The van der Waals surface area contributed by atoms with Gasteiger partial charge in [0.2, 0.25) is 0 Å². The first-order valence-corrected chi connectivity index (χ1v) is 6.54. The summed E-state index contributed by atoms with van der Waals surface area (Å²) in [7, 11) is 0. The second-order valence-electron chi connectivity index (χ2n) is 5.65. The van der Waals surface area contributed by atoms with Crippen molar-refractivity contribution in [3.05, 3.63) is 39.9 Å². The number of hydrogen-bond donors (Lipinski definition) is 2. The molecule has 0 unspecified atom stereocenters. The number of nitro groups is 1. The van der Waals surface area contributed by atoms with E-state index in [2.05, 4.69) is 5.32 Å². The molecule has 8 nitrogen and oxygen atoms in total. The van der Waals surface area contributed by atoms with Crippen molar-refractivity contribution in [2.45, 2.75) is 38.8 Å². The summed E-state index contributed by atoms with van der Waals surface area (Å²) in [5.41, 5.74) is -0.595. The summed E-state index contributed by atoms with van der Waals surface area (Å²) in [5, 5.41) is 22.2. The van der Waals surface area contributed by atoms with Crippen LogP contribution >= 0.6 is 0 Å². The number of carboxylic acids is 1. The summed E-state index contributed by atoms with van der Waals surface area (Å²) in [6, 6.07) is 4.53. The van der Waals surface area contributed by atoms with Crippen molar-refractivity contribution in [1.82, 2.24) is 5.32 Å². The van der Waals surface area contributed by atoms with Crippen molar-refractivity contribution in [1.29, 1.82) is 0 Å². The molecule has 0 aromatic heterocycles. The average molecular weight is 310 g/mol. The van der Waals surface area contributed by atoms with Crippen molar-refractivity contribution in [3.63, 3.8) is 0 Å². The number of alkyl carbamates (subject to hydrolysis) is 1. The van der Waals surface area contributed by atoms with E-state index in [9.17, 15) is 19.7 Å². The Kier molecular flexibility index (Phi) is 5.44. The zero-order chi connectivity index (χ0) is 16.9. The standard InChI is InChI=1S/C14H18N2O6/c1-14(2,3)22-13(19)15-11(8-12(17)18)9-5-4-6-10(7-9)16(20)21/h4-7,11H,8H2,1-3H3,(H,15,19)(H,17,18)/t11-/m1/s1. The van der Waals surface area contributed by atoms with E-state index in [0.29, 0.717) is 5.56 Å². The Morgan fingerprint density at radius 1 is 1.41 bits per heavy atom. The number of hydrogen-bond acceptors (Lipinski definition) is 5. The van der Waals surface area contributed by atoms with Gasteiger partial charge in [0.05, 0.1) is 17.4 Å². The van der Waals surface area contributed by atoms with Crippen molar-refractivity contribution < 1.29 is 24.4 Å². The maximum absolute atomic E-state index is 11.8. The fraction of sp³-hybridized carbons (Fsp3) is 0.429. The summed E-state index contributed by atoms with van der Waals surface area (Å²) in [5.74, 6) is -1.15. The summed E-state index contributed by atoms with van der Waals surface area (Å²) >= 11 is 0. The van der Waals surface area contributed by atoms with Crippen molar-refractivity contribution in [2.24, 2.45) is 0 Å². The van der Waals surface area contributed by atoms with Crippen molar-refractivity contribution in [2.75, 3.05) is 0 Å². The van der Waals surface area contributed by atoms with Crippen molar-refractivity contribution >= 4 is 17.7 Å². The van der Waals surface area contributed by atoms with Crippen LogP contribution in [0.5, 0.6) is 0 Å². The fourth-order valence-electron chi connectivity index (χ4n) is 1.73. The molecular weight excluding hydrogens is 292 g/mol. The zero-order valence-electron chi connectivity index (χ0n) is 12.5. The number of carboxylic acid groups (broad SMARTS) is 1. The molecule has 1 atom stereocenters. The molecule has 22 heavy (non-hydrogen) atoms. The topological polar surface area (TPSA) is 119 Å². The van der Waals surface area contributed by atoms with Crippen LogP contribution in [-0.4, -0.2) is 27.7 Å². The van der Waals surface area contributed by atoms with Crippen LogP contribution in [0.2, 0.25) is 0 Å². The van der Waals surface area contributed by atoms with Gasteiger partial charge in [0.1, 0.15) is 5.60 Å². The summed E-state index contributed by atoms with van der Waals surface area (Å²) in [6.45, 7) is 5.02. The molecule has 0 bridgehead atoms. The number of rotatable bonds is 5. The predicted molar refractivity (Wildman–Crippen MR) is 77.5 cm³/mol. The van der Waals surface area contributed by atoms with Crippen molar-refractivity contribution in [3.8, 4) is 0 Å². The highest BCUT2D eigenvalue weighted by Gasteiger charge is 2.23. The Morgan fingerprint density at radius 3 is 2.55 bits per heavy atom. The first-order chi connectivity index (χ1) is 10.1. The quantitative estimate of drug-likeness (QED) is 0.637. The number of benzene rings is 1. The predicted octanol–water partition coefficient (Wildman–Crippen LogP) is 2.64. The molecule has 120 valence electrons. The first kappa shape index (κ1) is 17.4. The van der Waals surface area contributed by atoms with Gasteiger partial charge in [-0.1, -0.05) is 12.1 Å². The van der Waals surface area contributed by atoms with Crippen LogP contribution in [0.15, 0.2) is 24.3 Å². The van der Waals surface area contributed by atoms with Crippen LogP contribution in [-0.2, 0) is 9.53 Å². The maximum Gasteiger partial charge on any atom is 0.408 e. The first-order valence-electron chi connectivity index (χ1n) is 6.54. The van der Waals surface area contributed by atoms with Gasteiger partial charge >= 0.3 is 12.1 Å². The van der Waals surface area contributed by atoms with Crippen LogP contribution in [0.3, 0.4) is 0 Å². The minimum absolute atomic E-state index is 0.182. The van der Waals surface area contributed by atoms with E-state index in [1.165, 1.54) is 24.3 Å². The monoisotopic (exact) mass is 310 g/mol. The van der Waals surface area contributed by atoms with Crippen LogP contribution in [0, 0.1) is 10.1 Å². The number of nitro benzene ring substituents is 1. The van der Waals surface area contributed by atoms with E-state index >= 15 is 0 Å². The van der Waals surface area contributed by atoms with Gasteiger partial charge in [-0.05, 0) is 26.3 Å². The molecule has 0 fully saturated rings. The lowest BCUT2D eigenvalue weighted by atomic mass is 10.0. The molecule has 1 rings (SSSR count). The lowest BCUT2D eigenvalue weighted by Gasteiger charge is -2.23. The molecule has 1 aromatic rings. The molecule has 0 spiro atoms. The second kappa shape index (κ2) is 6.88. The van der Waals surface area contributed by atoms with Crippen LogP contribution in [0.25, 0.3) is 0 Å². The molecule has 0 aliphatic heterocycles. The van der Waals surface area contributed by atoms with Gasteiger partial charge < -0.3 is 15.2 Å². The number of ether oxygens (including phenoxy) is 1. The number of nitrogens with zero attached hydrogens (tertiary/aromatic N) is 1. The Hall–Kier alpha value is -2.64. The highest BCUT2D eigenvalue weighted by atomic mass is 16.6. The van der Waals surface area contributed by atoms with E-state index in [0.717, 1.165) is 0 Å². The summed E-state index contributed by atoms with van der Waals surface area (Å²) in [6.07, 6.45) is -1.20. The Labute approximate surface area is 127 Å². The number of aliphatic carboxylic acids is 1. The molecule has 1 aromatic carbocycles. The minimum atomic E-state index is -1.15.